The molecule has 4 aromatic rings. The van der Waals surface area contributed by atoms with E-state index in [1.165, 1.54) is 5.56 Å². The first-order valence-corrected chi connectivity index (χ1v) is 14.5. The molecule has 2 aromatic carbocycles. The minimum absolute atomic E-state index is 0.0802. The fourth-order valence-corrected chi connectivity index (χ4v) is 6.71. The maximum Gasteiger partial charge on any atom is 0.446 e. The van der Waals surface area contributed by atoms with Crippen molar-refractivity contribution >= 4 is 40.6 Å². The van der Waals surface area contributed by atoms with E-state index in [0.29, 0.717) is 40.7 Å². The first kappa shape index (κ1) is 27.0. The van der Waals surface area contributed by atoms with Crippen LogP contribution < -0.4 is 10.2 Å². The van der Waals surface area contributed by atoms with Gasteiger partial charge < -0.3 is 10.2 Å². The van der Waals surface area contributed by atoms with Gasteiger partial charge in [0.15, 0.2) is 0 Å². The van der Waals surface area contributed by atoms with Crippen molar-refractivity contribution in [1.82, 2.24) is 14.7 Å². The van der Waals surface area contributed by atoms with Gasteiger partial charge in [0.2, 0.25) is 0 Å². The summed E-state index contributed by atoms with van der Waals surface area (Å²) in [7, 11) is 0. The predicted octanol–water partition coefficient (Wildman–Crippen LogP) is 7.48. The molecule has 0 bridgehead atoms. The maximum atomic E-state index is 13.1. The zero-order chi connectivity index (χ0) is 28.1. The smallest absolute Gasteiger partial charge is 0.370 e. The number of rotatable bonds is 7. The van der Waals surface area contributed by atoms with Gasteiger partial charge in [-0.05, 0) is 84.5 Å². The number of benzene rings is 2. The highest BCUT2D eigenvalue weighted by Crippen LogP contribution is 2.56. The van der Waals surface area contributed by atoms with E-state index in [-0.39, 0.29) is 22.6 Å². The lowest BCUT2D eigenvalue weighted by Gasteiger charge is -2.60. The Morgan fingerprint density at radius 3 is 2.42 bits per heavy atom. The van der Waals surface area contributed by atoms with Gasteiger partial charge in [-0.3, -0.25) is 9.20 Å². The molecule has 10 heteroatoms. The number of nitrogens with one attached hydrogen (secondary N) is 1. The number of anilines is 1. The molecule has 1 aliphatic carbocycles. The lowest BCUT2D eigenvalue weighted by molar-refractivity contribution is -0.0328. The molecule has 5 nitrogen and oxygen atoms in total. The average Bonchev–Trinajstić information content (AvgIpc) is 3.24. The first-order valence-electron chi connectivity index (χ1n) is 13.3. The van der Waals surface area contributed by atoms with Gasteiger partial charge in [-0.1, -0.05) is 42.8 Å². The third kappa shape index (κ3) is 5.41. The van der Waals surface area contributed by atoms with Gasteiger partial charge in [-0.2, -0.15) is 13.2 Å². The molecule has 1 amide bonds. The molecule has 40 heavy (non-hydrogen) atoms. The number of amides is 1. The van der Waals surface area contributed by atoms with Crippen molar-refractivity contribution in [2.24, 2.45) is 5.41 Å². The molecule has 1 spiro atoms. The molecule has 3 heterocycles. The highest BCUT2D eigenvalue weighted by Gasteiger charge is 2.52. The highest BCUT2D eigenvalue weighted by atomic mass is 35.5. The molecule has 208 valence electrons. The third-order valence-electron chi connectivity index (χ3n) is 7.96. The summed E-state index contributed by atoms with van der Waals surface area (Å²) in [4.78, 5) is 20.1. The minimum atomic E-state index is -4.26. The van der Waals surface area contributed by atoms with Crippen LogP contribution in [-0.4, -0.2) is 33.9 Å². The van der Waals surface area contributed by atoms with Crippen LogP contribution in [0.25, 0.3) is 5.65 Å². The number of aryl methyl sites for hydroxylation is 1. The van der Waals surface area contributed by atoms with Gasteiger partial charge in [0.1, 0.15) is 11.3 Å². The van der Waals surface area contributed by atoms with Crippen molar-refractivity contribution in [3.8, 4) is 0 Å². The Kier molecular flexibility index (Phi) is 6.99. The van der Waals surface area contributed by atoms with Crippen LogP contribution in [0, 0.1) is 5.41 Å². The van der Waals surface area contributed by atoms with Crippen LogP contribution in [0.15, 0.2) is 71.8 Å². The van der Waals surface area contributed by atoms with Crippen molar-refractivity contribution in [3.05, 3.63) is 94.4 Å². The van der Waals surface area contributed by atoms with Crippen molar-refractivity contribution in [2.45, 2.75) is 49.1 Å². The molecule has 6 rings (SSSR count). The number of halogens is 4. The van der Waals surface area contributed by atoms with Crippen LogP contribution in [0.3, 0.4) is 0 Å². The highest BCUT2D eigenvalue weighted by molar-refractivity contribution is 8.00. The molecule has 2 fully saturated rings. The second kappa shape index (κ2) is 10.3. The van der Waals surface area contributed by atoms with Crippen molar-refractivity contribution in [1.29, 1.82) is 0 Å². The Morgan fingerprint density at radius 1 is 1.07 bits per heavy atom. The van der Waals surface area contributed by atoms with Crippen LogP contribution in [-0.2, 0) is 13.0 Å². The van der Waals surface area contributed by atoms with E-state index in [1.54, 1.807) is 47.0 Å². The van der Waals surface area contributed by atoms with Crippen molar-refractivity contribution < 1.29 is 18.0 Å². The summed E-state index contributed by atoms with van der Waals surface area (Å²) in [6.07, 6.45) is 4.58. The molecule has 0 radical (unpaired) electrons. The number of pyridine rings is 1. The molecule has 2 aromatic heterocycles. The maximum absolute atomic E-state index is 13.1. The van der Waals surface area contributed by atoms with Gasteiger partial charge in [0.05, 0.1) is 10.7 Å². The summed E-state index contributed by atoms with van der Waals surface area (Å²) < 4.78 is 39.4. The average molecular weight is 585 g/mol. The van der Waals surface area contributed by atoms with Gasteiger partial charge in [0, 0.05) is 41.8 Å². The first-order chi connectivity index (χ1) is 19.1. The zero-order valence-electron chi connectivity index (χ0n) is 21.8. The van der Waals surface area contributed by atoms with Gasteiger partial charge in [-0.25, -0.2) is 4.98 Å². The molecule has 0 atom stereocenters. The Bertz CT molecular complexity index is 1540. The van der Waals surface area contributed by atoms with E-state index in [4.69, 9.17) is 11.6 Å². The van der Waals surface area contributed by atoms with E-state index in [2.05, 4.69) is 39.5 Å². The van der Waals surface area contributed by atoms with Crippen molar-refractivity contribution in [2.75, 3.05) is 18.0 Å². The number of alkyl halides is 3. The van der Waals surface area contributed by atoms with Gasteiger partial charge in [0.25, 0.3) is 5.91 Å². The Labute approximate surface area is 239 Å². The predicted molar refractivity (Wildman–Crippen MR) is 152 cm³/mol. The summed E-state index contributed by atoms with van der Waals surface area (Å²) in [6, 6.07) is 18.7. The summed E-state index contributed by atoms with van der Waals surface area (Å²) in [5.74, 6) is 0.325. The number of nitrogens with zero attached hydrogens (tertiary/aromatic N) is 3. The fourth-order valence-electron chi connectivity index (χ4n) is 6.01. The van der Waals surface area contributed by atoms with Gasteiger partial charge >= 0.3 is 5.51 Å². The molecule has 1 N–H and O–H groups in total. The van der Waals surface area contributed by atoms with E-state index >= 15 is 0 Å². The number of aromatic nitrogens is 2. The van der Waals surface area contributed by atoms with Gasteiger partial charge in [-0.15, -0.1) is 0 Å². The Balaban J connectivity index is 1.01. The van der Waals surface area contributed by atoms with Crippen LogP contribution >= 0.6 is 23.4 Å². The molecule has 2 aliphatic rings. The Hall–Kier alpha value is -3.17. The second-order valence-electron chi connectivity index (χ2n) is 10.8. The molecule has 0 unspecified atom stereocenters. The molecule has 1 saturated carbocycles. The summed E-state index contributed by atoms with van der Waals surface area (Å²) in [5, 5.41) is 3.57. The van der Waals surface area contributed by atoms with E-state index < -0.39 is 5.51 Å². The second-order valence-corrected chi connectivity index (χ2v) is 12.3. The zero-order valence-corrected chi connectivity index (χ0v) is 23.4. The monoisotopic (exact) mass is 584 g/mol. The standard InChI is InChI=1S/C30H28ClF3N4OS/c1-2-25-27(38-16-22(31)7-12-26(38)36-25)28(39)35-15-19-3-5-20(6-4-19)21-13-29(14-21)17-37(18-29)23-8-10-24(11-9-23)40-30(32,33)34/h3-12,16,21H,2,13-15,17-18H2,1H3,(H,35,39). The normalized spacial score (nSPS) is 16.7. The lowest BCUT2D eigenvalue weighted by atomic mass is 9.56. The van der Waals surface area contributed by atoms with Crippen molar-refractivity contribution in [3.63, 3.8) is 0 Å². The van der Waals surface area contributed by atoms with E-state index in [1.807, 2.05) is 6.92 Å². The van der Waals surface area contributed by atoms with Crippen LogP contribution in [0.5, 0.6) is 0 Å². The number of carbonyl (C=O) groups excluding carboxylic acids is 1. The number of hydrogen-bond donors (Lipinski definition) is 1. The summed E-state index contributed by atoms with van der Waals surface area (Å²) in [6.45, 7) is 4.27. The third-order valence-corrected chi connectivity index (χ3v) is 8.92. The quantitative estimate of drug-likeness (QED) is 0.229. The number of thioether (sulfide) groups is 1. The topological polar surface area (TPSA) is 49.6 Å². The van der Waals surface area contributed by atoms with Crippen LogP contribution in [0.2, 0.25) is 5.02 Å². The molecular formula is C30H28ClF3N4OS. The number of carbonyl (C=O) groups is 1. The molecule has 1 saturated heterocycles. The van der Waals surface area contributed by atoms with E-state index in [9.17, 15) is 18.0 Å². The molecular weight excluding hydrogens is 557 g/mol. The SMILES string of the molecule is CCc1nc2ccc(Cl)cn2c1C(=O)NCc1ccc(C2CC3(C2)CN(c2ccc(SC(F)(F)F)cc2)C3)cc1. The minimum Gasteiger partial charge on any atom is -0.370 e. The number of fused-ring (bicyclic) bond motifs is 1. The van der Waals surface area contributed by atoms with Crippen LogP contribution in [0.4, 0.5) is 18.9 Å². The van der Waals surface area contributed by atoms with E-state index in [0.717, 1.165) is 42.9 Å². The largest absolute Gasteiger partial charge is 0.446 e. The summed E-state index contributed by atoms with van der Waals surface area (Å²) in [5.41, 5.74) is 1.29. The lowest BCUT2D eigenvalue weighted by Crippen LogP contribution is -2.61. The summed E-state index contributed by atoms with van der Waals surface area (Å²) >= 11 is 6.07. The Morgan fingerprint density at radius 2 is 1.77 bits per heavy atom. The number of hydrogen-bond acceptors (Lipinski definition) is 4. The number of imidazole rings is 1. The van der Waals surface area contributed by atoms with Crippen LogP contribution in [0.1, 0.15) is 53.0 Å². The molecule has 1 aliphatic heterocycles. The fraction of sp³-hybridized carbons (Fsp3) is 0.333.